The lowest BCUT2D eigenvalue weighted by Gasteiger charge is -2.41. The Bertz CT molecular complexity index is 2340. The number of nitrogens with zero attached hydrogens (tertiary/aromatic N) is 3. The van der Waals surface area contributed by atoms with Crippen LogP contribution in [0.4, 0.5) is 17.3 Å². The molecule has 6 aromatic carbocycles. The van der Waals surface area contributed by atoms with E-state index < -0.39 is 0 Å². The van der Waals surface area contributed by atoms with Crippen LogP contribution in [-0.4, -0.2) is 9.97 Å². The maximum absolute atomic E-state index is 6.47. The summed E-state index contributed by atoms with van der Waals surface area (Å²) in [5.41, 5.74) is 9.03. The second-order valence-electron chi connectivity index (χ2n) is 11.8. The SMILES string of the molecule is CC1(C)c2ccccc2N(c2nc(-c3ccccc3)c3ccc4oc5ccc6ccccc6c5c4c3n2)c2ccccc21. The first-order valence-corrected chi connectivity index (χ1v) is 14.7. The highest BCUT2D eigenvalue weighted by atomic mass is 16.3. The average Bonchev–Trinajstić information content (AvgIpc) is 3.45. The standard InChI is InChI=1S/C39H27N3O/c1-39(2)28-16-8-10-18-30(28)42(31-19-11-9-17-29(31)39)38-40-36(25-13-4-3-5-14-25)27-21-23-33-35(37(27)41-38)34-26-15-7-6-12-24(26)20-22-32(34)43-33/h3-23H,1-2H3. The van der Waals surface area contributed by atoms with E-state index >= 15 is 0 Å². The predicted octanol–water partition coefficient (Wildman–Crippen LogP) is 10.5. The molecule has 4 nitrogen and oxygen atoms in total. The molecule has 3 heterocycles. The zero-order valence-electron chi connectivity index (χ0n) is 23.9. The molecular weight excluding hydrogens is 526 g/mol. The number of hydrogen-bond acceptors (Lipinski definition) is 4. The summed E-state index contributed by atoms with van der Waals surface area (Å²) in [6, 6.07) is 44.5. The molecule has 0 fully saturated rings. The van der Waals surface area contributed by atoms with E-state index in [4.69, 9.17) is 14.4 Å². The highest BCUT2D eigenvalue weighted by Gasteiger charge is 2.37. The fourth-order valence-electron chi connectivity index (χ4n) is 7.01. The highest BCUT2D eigenvalue weighted by molar-refractivity contribution is 6.26. The van der Waals surface area contributed by atoms with Gasteiger partial charge in [0.15, 0.2) is 0 Å². The van der Waals surface area contributed by atoms with Gasteiger partial charge in [0.1, 0.15) is 11.2 Å². The minimum Gasteiger partial charge on any atom is -0.456 e. The molecule has 1 aliphatic heterocycles. The topological polar surface area (TPSA) is 42.2 Å². The van der Waals surface area contributed by atoms with Crippen molar-refractivity contribution in [3.05, 3.63) is 139 Å². The normalized spacial score (nSPS) is 14.0. The summed E-state index contributed by atoms with van der Waals surface area (Å²) >= 11 is 0. The Morgan fingerprint density at radius 2 is 1.19 bits per heavy atom. The molecule has 0 aliphatic carbocycles. The smallest absolute Gasteiger partial charge is 0.235 e. The van der Waals surface area contributed by atoms with E-state index in [-0.39, 0.29) is 5.41 Å². The third-order valence-corrected chi connectivity index (χ3v) is 9.06. The summed E-state index contributed by atoms with van der Waals surface area (Å²) in [6.07, 6.45) is 0. The van der Waals surface area contributed by atoms with Crippen molar-refractivity contribution < 1.29 is 4.42 Å². The van der Waals surface area contributed by atoms with Crippen LogP contribution in [0.5, 0.6) is 0 Å². The summed E-state index contributed by atoms with van der Waals surface area (Å²) < 4.78 is 6.47. The van der Waals surface area contributed by atoms with Gasteiger partial charge in [0, 0.05) is 21.8 Å². The third-order valence-electron chi connectivity index (χ3n) is 9.06. The molecule has 2 aromatic heterocycles. The summed E-state index contributed by atoms with van der Waals surface area (Å²) in [7, 11) is 0. The van der Waals surface area contributed by atoms with Crippen molar-refractivity contribution in [1.82, 2.24) is 9.97 Å². The van der Waals surface area contributed by atoms with Crippen LogP contribution in [0.2, 0.25) is 0 Å². The third kappa shape index (κ3) is 3.38. The van der Waals surface area contributed by atoms with Crippen LogP contribution in [0.25, 0.3) is 54.9 Å². The molecule has 0 N–H and O–H groups in total. The summed E-state index contributed by atoms with van der Waals surface area (Å²) in [6.45, 7) is 4.59. The van der Waals surface area contributed by atoms with Crippen LogP contribution in [0.3, 0.4) is 0 Å². The van der Waals surface area contributed by atoms with Crippen molar-refractivity contribution in [3.8, 4) is 11.3 Å². The number of furan rings is 1. The minimum absolute atomic E-state index is 0.171. The highest BCUT2D eigenvalue weighted by Crippen LogP contribution is 2.51. The van der Waals surface area contributed by atoms with Gasteiger partial charge in [-0.2, -0.15) is 0 Å². The maximum atomic E-state index is 6.47. The fraction of sp³-hybridized carbons (Fsp3) is 0.0769. The van der Waals surface area contributed by atoms with Crippen LogP contribution >= 0.6 is 0 Å². The molecule has 0 atom stereocenters. The minimum atomic E-state index is -0.171. The largest absolute Gasteiger partial charge is 0.456 e. The van der Waals surface area contributed by atoms with Gasteiger partial charge < -0.3 is 4.42 Å². The number of para-hydroxylation sites is 2. The lowest BCUT2D eigenvalue weighted by atomic mass is 9.74. The maximum Gasteiger partial charge on any atom is 0.235 e. The van der Waals surface area contributed by atoms with Crippen molar-refractivity contribution in [2.45, 2.75) is 19.3 Å². The number of anilines is 3. The van der Waals surface area contributed by atoms with Crippen LogP contribution in [0, 0.1) is 0 Å². The zero-order valence-corrected chi connectivity index (χ0v) is 23.9. The Kier molecular flexibility index (Phi) is 4.92. The van der Waals surface area contributed by atoms with Crippen molar-refractivity contribution in [2.24, 2.45) is 0 Å². The van der Waals surface area contributed by atoms with Gasteiger partial charge in [-0.05, 0) is 52.2 Å². The summed E-state index contributed by atoms with van der Waals surface area (Å²) in [5.74, 6) is 0.642. The van der Waals surface area contributed by atoms with Crippen molar-refractivity contribution in [3.63, 3.8) is 0 Å². The average molecular weight is 554 g/mol. The molecule has 43 heavy (non-hydrogen) atoms. The van der Waals surface area contributed by atoms with Gasteiger partial charge in [0.05, 0.1) is 28.0 Å². The second-order valence-corrected chi connectivity index (χ2v) is 11.8. The van der Waals surface area contributed by atoms with Crippen LogP contribution in [0.1, 0.15) is 25.0 Å². The van der Waals surface area contributed by atoms with E-state index in [0.29, 0.717) is 5.95 Å². The van der Waals surface area contributed by atoms with E-state index in [0.717, 1.165) is 60.9 Å². The monoisotopic (exact) mass is 553 g/mol. The molecule has 0 amide bonds. The number of benzene rings is 6. The summed E-state index contributed by atoms with van der Waals surface area (Å²) in [5, 5.41) is 5.43. The molecule has 0 saturated carbocycles. The molecule has 0 spiro atoms. The first-order valence-electron chi connectivity index (χ1n) is 14.7. The Morgan fingerprint density at radius 3 is 1.95 bits per heavy atom. The van der Waals surface area contributed by atoms with E-state index in [2.05, 4.69) is 140 Å². The van der Waals surface area contributed by atoms with Crippen molar-refractivity contribution >= 4 is 60.9 Å². The van der Waals surface area contributed by atoms with Crippen molar-refractivity contribution in [2.75, 3.05) is 4.90 Å². The Balaban J connectivity index is 1.45. The van der Waals surface area contributed by atoms with Gasteiger partial charge >= 0.3 is 0 Å². The molecule has 1 aliphatic rings. The van der Waals surface area contributed by atoms with E-state index in [1.165, 1.54) is 16.5 Å². The Hall–Kier alpha value is -5.48. The van der Waals surface area contributed by atoms with Gasteiger partial charge in [-0.15, -0.1) is 0 Å². The molecule has 204 valence electrons. The molecule has 4 heteroatoms. The van der Waals surface area contributed by atoms with Crippen LogP contribution in [0.15, 0.2) is 132 Å². The van der Waals surface area contributed by atoms with E-state index in [9.17, 15) is 0 Å². The Labute approximate surface area is 248 Å². The first kappa shape index (κ1) is 24.2. The number of rotatable bonds is 2. The number of hydrogen-bond donors (Lipinski definition) is 0. The predicted molar refractivity (Wildman–Crippen MR) is 177 cm³/mol. The second kappa shape index (κ2) is 8.76. The Morgan fingerprint density at radius 1 is 0.558 bits per heavy atom. The van der Waals surface area contributed by atoms with Gasteiger partial charge in [-0.3, -0.25) is 4.90 Å². The number of fused-ring (bicyclic) bond motifs is 9. The molecule has 0 radical (unpaired) electrons. The summed E-state index contributed by atoms with van der Waals surface area (Å²) in [4.78, 5) is 13.0. The van der Waals surface area contributed by atoms with Crippen molar-refractivity contribution in [1.29, 1.82) is 0 Å². The molecule has 0 bridgehead atoms. The lowest BCUT2D eigenvalue weighted by Crippen LogP contribution is -2.31. The van der Waals surface area contributed by atoms with Gasteiger partial charge in [-0.25, -0.2) is 9.97 Å². The quantitative estimate of drug-likeness (QED) is 0.214. The molecule has 9 rings (SSSR count). The number of aromatic nitrogens is 2. The van der Waals surface area contributed by atoms with E-state index in [1.54, 1.807) is 0 Å². The molecule has 8 aromatic rings. The molecular formula is C39H27N3O. The zero-order chi connectivity index (χ0) is 28.7. The van der Waals surface area contributed by atoms with E-state index in [1.807, 2.05) is 6.07 Å². The van der Waals surface area contributed by atoms with Gasteiger partial charge in [0.25, 0.3) is 0 Å². The van der Waals surface area contributed by atoms with Crippen LogP contribution in [-0.2, 0) is 5.41 Å². The molecule has 0 unspecified atom stereocenters. The van der Waals surface area contributed by atoms with Gasteiger partial charge in [0.2, 0.25) is 5.95 Å². The first-order chi connectivity index (χ1) is 21.1. The molecule has 0 saturated heterocycles. The van der Waals surface area contributed by atoms with Crippen LogP contribution < -0.4 is 4.90 Å². The lowest BCUT2D eigenvalue weighted by molar-refractivity contribution is 0.631. The van der Waals surface area contributed by atoms with Gasteiger partial charge in [-0.1, -0.05) is 111 Å². The fourth-order valence-corrected chi connectivity index (χ4v) is 7.01.